The van der Waals surface area contributed by atoms with Gasteiger partial charge in [0.1, 0.15) is 11.5 Å². The van der Waals surface area contributed by atoms with E-state index in [4.69, 9.17) is 9.15 Å². The summed E-state index contributed by atoms with van der Waals surface area (Å²) >= 11 is 0. The molecule has 0 saturated carbocycles. The van der Waals surface area contributed by atoms with E-state index in [1.807, 2.05) is 19.9 Å². The number of carbonyl (C=O) groups is 4. The first kappa shape index (κ1) is 23.5. The highest BCUT2D eigenvalue weighted by molar-refractivity contribution is 6.39. The molecule has 3 amide bonds. The first-order valence-electron chi connectivity index (χ1n) is 10.2. The zero-order valence-electron chi connectivity index (χ0n) is 19.1. The number of rotatable bonds is 5. The molecule has 2 heterocycles. The molecule has 0 bridgehead atoms. The minimum absolute atomic E-state index is 0.0328. The van der Waals surface area contributed by atoms with E-state index in [1.54, 1.807) is 38.2 Å². The van der Waals surface area contributed by atoms with Crippen molar-refractivity contribution in [3.05, 3.63) is 69.8 Å². The topological polar surface area (TPSA) is 118 Å². The molecule has 0 radical (unpaired) electrons. The average molecular weight is 451 g/mol. The number of carbonyl (C=O) groups excluding carboxylic acids is 4. The monoisotopic (exact) mass is 451 g/mol. The molecule has 9 nitrogen and oxygen atoms in total. The number of nitrogens with one attached hydrogen (secondary N) is 2. The van der Waals surface area contributed by atoms with Crippen LogP contribution in [-0.2, 0) is 30.5 Å². The fourth-order valence-corrected chi connectivity index (χ4v) is 3.26. The average Bonchev–Trinajstić information content (AvgIpc) is 3.32. The van der Waals surface area contributed by atoms with E-state index in [9.17, 15) is 19.2 Å². The summed E-state index contributed by atoms with van der Waals surface area (Å²) in [5.74, 6) is -1.91. The molecule has 0 spiro atoms. The largest absolute Gasteiger partial charge is 0.465 e. The first-order chi connectivity index (χ1) is 15.6. The Morgan fingerprint density at radius 3 is 2.45 bits per heavy atom. The summed E-state index contributed by atoms with van der Waals surface area (Å²) in [7, 11) is 2.81. The molecule has 0 unspecified atom stereocenters. The van der Waals surface area contributed by atoms with Gasteiger partial charge in [-0.2, -0.15) is 0 Å². The third-order valence-corrected chi connectivity index (χ3v) is 5.42. The molecule has 1 aliphatic heterocycles. The van der Waals surface area contributed by atoms with Gasteiger partial charge >= 0.3 is 17.8 Å². The molecular formula is C24H25N3O6. The Balaban J connectivity index is 1.65. The highest BCUT2D eigenvalue weighted by Crippen LogP contribution is 2.30. The number of amides is 3. The molecule has 0 saturated heterocycles. The third kappa shape index (κ3) is 5.03. The zero-order chi connectivity index (χ0) is 24.3. The molecule has 9 heteroatoms. The summed E-state index contributed by atoms with van der Waals surface area (Å²) in [5.41, 5.74) is 3.40. The minimum atomic E-state index is -0.816. The standard InChI is InChI=1S/C24H25N3O6/c1-13-6-7-16(10-14(13)2)26-22(29)21(28)25-12-18-9-8-17(33-18)11-19-20(24(31)32-5)15(3)27(4)23(19)30/h6-11H,12H2,1-5H3,(H,25,28)(H,26,29)/b19-11-. The minimum Gasteiger partial charge on any atom is -0.465 e. The molecule has 0 fully saturated rings. The molecule has 33 heavy (non-hydrogen) atoms. The molecule has 172 valence electrons. The smallest absolute Gasteiger partial charge is 0.340 e. The van der Waals surface area contributed by atoms with Gasteiger partial charge in [0.15, 0.2) is 0 Å². The van der Waals surface area contributed by atoms with Crippen molar-refractivity contribution in [2.75, 3.05) is 19.5 Å². The fourth-order valence-electron chi connectivity index (χ4n) is 3.26. The summed E-state index contributed by atoms with van der Waals surface area (Å²) in [6, 6.07) is 8.56. The number of likely N-dealkylation sites (N-methyl/N-ethyl adjacent to an activating group) is 1. The van der Waals surface area contributed by atoms with E-state index in [2.05, 4.69) is 10.6 Å². The second-order valence-electron chi connectivity index (χ2n) is 7.61. The molecule has 1 aliphatic rings. The van der Waals surface area contributed by atoms with E-state index < -0.39 is 17.8 Å². The predicted octanol–water partition coefficient (Wildman–Crippen LogP) is 2.45. The van der Waals surface area contributed by atoms with Gasteiger partial charge < -0.3 is 24.7 Å². The maximum Gasteiger partial charge on any atom is 0.340 e. The van der Waals surface area contributed by atoms with Gasteiger partial charge in [-0.3, -0.25) is 14.4 Å². The number of furan rings is 1. The number of anilines is 1. The lowest BCUT2D eigenvalue weighted by atomic mass is 10.1. The van der Waals surface area contributed by atoms with E-state index in [1.165, 1.54) is 18.1 Å². The number of esters is 1. The summed E-state index contributed by atoms with van der Waals surface area (Å²) < 4.78 is 10.4. The molecule has 0 atom stereocenters. The normalized spacial score (nSPS) is 14.6. The highest BCUT2D eigenvalue weighted by atomic mass is 16.5. The van der Waals surface area contributed by atoms with Gasteiger partial charge in [0.25, 0.3) is 5.91 Å². The van der Waals surface area contributed by atoms with Crippen LogP contribution >= 0.6 is 0 Å². The lowest BCUT2D eigenvalue weighted by Crippen LogP contribution is -2.34. The second kappa shape index (κ2) is 9.56. The van der Waals surface area contributed by atoms with Gasteiger partial charge in [0.05, 0.1) is 24.8 Å². The Labute approximate surface area is 191 Å². The molecule has 3 rings (SSSR count). The van der Waals surface area contributed by atoms with Gasteiger partial charge in [0, 0.05) is 18.4 Å². The second-order valence-corrected chi connectivity index (χ2v) is 7.61. The van der Waals surface area contributed by atoms with Gasteiger partial charge in [-0.1, -0.05) is 6.07 Å². The van der Waals surface area contributed by atoms with Crippen molar-refractivity contribution in [2.45, 2.75) is 27.3 Å². The number of ether oxygens (including phenoxy) is 1. The summed E-state index contributed by atoms with van der Waals surface area (Å²) in [6.07, 6.45) is 1.44. The van der Waals surface area contributed by atoms with Crippen molar-refractivity contribution < 1.29 is 28.3 Å². The van der Waals surface area contributed by atoms with Crippen LogP contribution in [0.3, 0.4) is 0 Å². The number of methoxy groups -OCH3 is 1. The van der Waals surface area contributed by atoms with E-state index in [0.29, 0.717) is 22.9 Å². The Bertz CT molecular complexity index is 1200. The van der Waals surface area contributed by atoms with Gasteiger partial charge in [-0.15, -0.1) is 0 Å². The molecule has 1 aromatic carbocycles. The quantitative estimate of drug-likeness (QED) is 0.410. The van der Waals surface area contributed by atoms with Gasteiger partial charge in [0.2, 0.25) is 0 Å². The van der Waals surface area contributed by atoms with E-state index in [-0.39, 0.29) is 23.6 Å². The molecule has 2 aromatic rings. The fraction of sp³-hybridized carbons (Fsp3) is 0.250. The molecular weight excluding hydrogens is 426 g/mol. The Kier molecular flexibility index (Phi) is 6.81. The van der Waals surface area contributed by atoms with Crippen LogP contribution in [0, 0.1) is 13.8 Å². The van der Waals surface area contributed by atoms with Crippen LogP contribution in [-0.4, -0.2) is 42.7 Å². The van der Waals surface area contributed by atoms with Crippen molar-refractivity contribution >= 4 is 35.5 Å². The zero-order valence-corrected chi connectivity index (χ0v) is 19.1. The SMILES string of the molecule is COC(=O)C1=C(C)N(C)C(=O)/C1=C\c1ccc(CNC(=O)C(=O)Nc2ccc(C)c(C)c2)o1. The Morgan fingerprint density at radius 1 is 1.06 bits per heavy atom. The maximum absolute atomic E-state index is 12.5. The molecule has 0 aliphatic carbocycles. The lowest BCUT2D eigenvalue weighted by Gasteiger charge is -2.08. The molecule has 2 N–H and O–H groups in total. The number of aryl methyl sites for hydroxylation is 2. The Morgan fingerprint density at radius 2 is 1.79 bits per heavy atom. The lowest BCUT2D eigenvalue weighted by molar-refractivity contribution is -0.136. The van der Waals surface area contributed by atoms with Crippen molar-refractivity contribution in [1.82, 2.24) is 10.2 Å². The summed E-state index contributed by atoms with van der Waals surface area (Å²) in [6.45, 7) is 5.49. The van der Waals surface area contributed by atoms with Crippen LogP contribution in [0.5, 0.6) is 0 Å². The van der Waals surface area contributed by atoms with Crippen LogP contribution in [0.15, 0.2) is 51.6 Å². The van der Waals surface area contributed by atoms with E-state index >= 15 is 0 Å². The summed E-state index contributed by atoms with van der Waals surface area (Å²) in [5, 5.41) is 5.04. The van der Waals surface area contributed by atoms with Crippen LogP contribution in [0.1, 0.15) is 29.6 Å². The number of nitrogens with zero attached hydrogens (tertiary/aromatic N) is 1. The number of benzene rings is 1. The van der Waals surface area contributed by atoms with Crippen LogP contribution in [0.25, 0.3) is 6.08 Å². The van der Waals surface area contributed by atoms with Crippen molar-refractivity contribution in [3.63, 3.8) is 0 Å². The van der Waals surface area contributed by atoms with Crippen LogP contribution < -0.4 is 10.6 Å². The number of hydrogen-bond acceptors (Lipinski definition) is 6. The van der Waals surface area contributed by atoms with Gasteiger partial charge in [-0.25, -0.2) is 4.79 Å². The van der Waals surface area contributed by atoms with E-state index in [0.717, 1.165) is 11.1 Å². The maximum atomic E-state index is 12.5. The van der Waals surface area contributed by atoms with Crippen molar-refractivity contribution in [2.24, 2.45) is 0 Å². The van der Waals surface area contributed by atoms with Gasteiger partial charge in [-0.05, 0) is 62.2 Å². The number of hydrogen-bond donors (Lipinski definition) is 2. The highest BCUT2D eigenvalue weighted by Gasteiger charge is 2.35. The van der Waals surface area contributed by atoms with Crippen LogP contribution in [0.2, 0.25) is 0 Å². The Hall–Kier alpha value is -4.14. The first-order valence-corrected chi connectivity index (χ1v) is 10.2. The third-order valence-electron chi connectivity index (χ3n) is 5.42. The summed E-state index contributed by atoms with van der Waals surface area (Å²) in [4.78, 5) is 50.2. The predicted molar refractivity (Wildman–Crippen MR) is 121 cm³/mol. The van der Waals surface area contributed by atoms with Crippen molar-refractivity contribution in [1.29, 1.82) is 0 Å². The van der Waals surface area contributed by atoms with Crippen LogP contribution in [0.4, 0.5) is 5.69 Å². The number of allylic oxidation sites excluding steroid dienone is 1. The molecule has 1 aromatic heterocycles. The van der Waals surface area contributed by atoms with Crippen molar-refractivity contribution in [3.8, 4) is 0 Å².